The molecule has 1 aliphatic carbocycles. The molecule has 0 atom stereocenters. The first-order valence-corrected chi connectivity index (χ1v) is 7.00. The van der Waals surface area contributed by atoms with Gasteiger partial charge in [-0.2, -0.15) is 0 Å². The summed E-state index contributed by atoms with van der Waals surface area (Å²) in [4.78, 5) is 25.7. The van der Waals surface area contributed by atoms with Gasteiger partial charge in [-0.1, -0.05) is 12.8 Å². The van der Waals surface area contributed by atoms with Crippen molar-refractivity contribution < 1.29 is 5.11 Å². The van der Waals surface area contributed by atoms with Gasteiger partial charge in [0.05, 0.1) is 6.61 Å². The summed E-state index contributed by atoms with van der Waals surface area (Å²) in [7, 11) is 0. The topological polar surface area (TPSA) is 113 Å². The van der Waals surface area contributed by atoms with Crippen LogP contribution in [0.15, 0.2) is 9.59 Å². The van der Waals surface area contributed by atoms with Gasteiger partial charge in [-0.3, -0.25) is 14.3 Å². The standard InChI is InChI=1S/C13H22N4O3/c1-2-17-10(14)9(11(19)16-12(17)20)15-7-13(8-18)5-3-4-6-13/h15,18H,2-8,14H2,1H3,(H,16,19,20). The largest absolute Gasteiger partial charge is 0.396 e. The molecule has 1 aromatic heterocycles. The van der Waals surface area contributed by atoms with Gasteiger partial charge in [-0.25, -0.2) is 4.79 Å². The summed E-state index contributed by atoms with van der Waals surface area (Å²) in [6, 6.07) is 0. The van der Waals surface area contributed by atoms with Gasteiger partial charge < -0.3 is 16.2 Å². The number of hydrogen-bond donors (Lipinski definition) is 4. The number of nitrogen functional groups attached to an aromatic ring is 1. The van der Waals surface area contributed by atoms with E-state index in [2.05, 4.69) is 10.3 Å². The summed E-state index contributed by atoms with van der Waals surface area (Å²) in [5, 5.41) is 12.6. The van der Waals surface area contributed by atoms with Crippen LogP contribution in [-0.2, 0) is 6.54 Å². The summed E-state index contributed by atoms with van der Waals surface area (Å²) in [5.74, 6) is 0.146. The number of anilines is 2. The van der Waals surface area contributed by atoms with Crippen molar-refractivity contribution in [1.82, 2.24) is 9.55 Å². The van der Waals surface area contributed by atoms with Crippen LogP contribution >= 0.6 is 0 Å². The Hall–Kier alpha value is -1.76. The second-order valence-electron chi connectivity index (χ2n) is 5.48. The lowest BCUT2D eigenvalue weighted by molar-refractivity contribution is 0.142. The maximum atomic E-state index is 11.9. The van der Waals surface area contributed by atoms with E-state index in [4.69, 9.17) is 5.73 Å². The first kappa shape index (κ1) is 14.6. The molecule has 0 unspecified atom stereocenters. The average molecular weight is 282 g/mol. The van der Waals surface area contributed by atoms with Gasteiger partial charge in [-0.05, 0) is 19.8 Å². The highest BCUT2D eigenvalue weighted by Gasteiger charge is 2.33. The fourth-order valence-corrected chi connectivity index (χ4v) is 2.86. The first-order valence-electron chi connectivity index (χ1n) is 7.00. The van der Waals surface area contributed by atoms with Gasteiger partial charge in [0.15, 0.2) is 0 Å². The van der Waals surface area contributed by atoms with Crippen molar-refractivity contribution >= 4 is 11.5 Å². The quantitative estimate of drug-likeness (QED) is 0.612. The Morgan fingerprint density at radius 1 is 1.40 bits per heavy atom. The maximum absolute atomic E-state index is 11.9. The molecule has 112 valence electrons. The molecule has 7 heteroatoms. The summed E-state index contributed by atoms with van der Waals surface area (Å²) < 4.78 is 1.31. The van der Waals surface area contributed by atoms with Crippen LogP contribution in [-0.4, -0.2) is 27.8 Å². The van der Waals surface area contributed by atoms with E-state index in [1.165, 1.54) is 4.57 Å². The van der Waals surface area contributed by atoms with Crippen molar-refractivity contribution in [2.75, 3.05) is 24.2 Å². The highest BCUT2D eigenvalue weighted by atomic mass is 16.3. The molecule has 0 saturated heterocycles. The third-order valence-electron chi connectivity index (χ3n) is 4.20. The minimum absolute atomic E-state index is 0.0885. The Morgan fingerprint density at radius 2 is 2.05 bits per heavy atom. The number of aliphatic hydroxyl groups is 1. The van der Waals surface area contributed by atoms with Crippen LogP contribution in [0.5, 0.6) is 0 Å². The summed E-state index contributed by atoms with van der Waals surface area (Å²) in [6.45, 7) is 2.75. The van der Waals surface area contributed by atoms with Gasteiger partial charge in [-0.15, -0.1) is 0 Å². The van der Waals surface area contributed by atoms with Crippen molar-refractivity contribution in [1.29, 1.82) is 0 Å². The van der Waals surface area contributed by atoms with Crippen LogP contribution in [0.4, 0.5) is 11.5 Å². The lowest BCUT2D eigenvalue weighted by Crippen LogP contribution is -2.37. The van der Waals surface area contributed by atoms with Gasteiger partial charge in [0.1, 0.15) is 11.5 Å². The van der Waals surface area contributed by atoms with Crippen LogP contribution in [0.2, 0.25) is 0 Å². The number of nitrogens with one attached hydrogen (secondary N) is 2. The third kappa shape index (κ3) is 2.58. The fourth-order valence-electron chi connectivity index (χ4n) is 2.86. The van der Waals surface area contributed by atoms with E-state index in [1.54, 1.807) is 6.92 Å². The Morgan fingerprint density at radius 3 is 2.60 bits per heavy atom. The van der Waals surface area contributed by atoms with Crippen LogP contribution in [0.3, 0.4) is 0 Å². The second-order valence-corrected chi connectivity index (χ2v) is 5.48. The molecule has 0 bridgehead atoms. The molecule has 0 spiro atoms. The molecule has 1 aliphatic rings. The van der Waals surface area contributed by atoms with Crippen LogP contribution in [0, 0.1) is 5.41 Å². The van der Waals surface area contributed by atoms with Crippen LogP contribution in [0.25, 0.3) is 0 Å². The van der Waals surface area contributed by atoms with Gasteiger partial charge >= 0.3 is 5.69 Å². The molecular weight excluding hydrogens is 260 g/mol. The van der Waals surface area contributed by atoms with Crippen LogP contribution < -0.4 is 22.3 Å². The molecule has 2 rings (SSSR count). The Bertz CT molecular complexity index is 584. The number of H-pyrrole nitrogens is 1. The molecule has 1 saturated carbocycles. The van der Waals surface area contributed by atoms with E-state index in [9.17, 15) is 14.7 Å². The Balaban J connectivity index is 2.26. The van der Waals surface area contributed by atoms with E-state index in [0.29, 0.717) is 13.1 Å². The monoisotopic (exact) mass is 282 g/mol. The summed E-state index contributed by atoms with van der Waals surface area (Å²) >= 11 is 0. The Labute approximate surface area is 116 Å². The predicted molar refractivity (Wildman–Crippen MR) is 77.9 cm³/mol. The number of hydrogen-bond acceptors (Lipinski definition) is 5. The lowest BCUT2D eigenvalue weighted by atomic mass is 9.87. The molecule has 0 amide bonds. The van der Waals surface area contributed by atoms with Crippen molar-refractivity contribution in [3.63, 3.8) is 0 Å². The second kappa shape index (κ2) is 5.70. The van der Waals surface area contributed by atoms with Gasteiger partial charge in [0.2, 0.25) is 0 Å². The molecule has 0 aliphatic heterocycles. The SMILES string of the molecule is CCn1c(N)c(NCC2(CO)CCCC2)c(=O)[nH]c1=O. The van der Waals surface area contributed by atoms with Crippen molar-refractivity contribution in [2.24, 2.45) is 5.41 Å². The molecule has 1 fully saturated rings. The smallest absolute Gasteiger partial charge is 0.330 e. The predicted octanol–water partition coefficient (Wildman–Crippen LogP) is 0.103. The average Bonchev–Trinajstić information content (AvgIpc) is 2.88. The summed E-state index contributed by atoms with van der Waals surface area (Å²) in [6.07, 6.45) is 4.04. The molecule has 7 nitrogen and oxygen atoms in total. The highest BCUT2D eigenvalue weighted by Crippen LogP contribution is 2.37. The van der Waals surface area contributed by atoms with Crippen molar-refractivity contribution in [3.8, 4) is 0 Å². The molecule has 5 N–H and O–H groups in total. The molecule has 1 heterocycles. The molecule has 20 heavy (non-hydrogen) atoms. The molecule has 0 radical (unpaired) electrons. The number of aromatic nitrogens is 2. The molecule has 0 aromatic carbocycles. The number of nitrogens with zero attached hydrogens (tertiary/aromatic N) is 1. The minimum atomic E-state index is -0.511. The zero-order valence-electron chi connectivity index (χ0n) is 11.7. The molecule has 1 aromatic rings. The van der Waals surface area contributed by atoms with Crippen LogP contribution in [0.1, 0.15) is 32.6 Å². The van der Waals surface area contributed by atoms with E-state index in [-0.39, 0.29) is 23.5 Å². The van der Waals surface area contributed by atoms with Crippen molar-refractivity contribution in [2.45, 2.75) is 39.2 Å². The van der Waals surface area contributed by atoms with E-state index in [0.717, 1.165) is 25.7 Å². The Kier molecular flexibility index (Phi) is 4.17. The highest BCUT2D eigenvalue weighted by molar-refractivity contribution is 5.60. The van der Waals surface area contributed by atoms with Gasteiger partial charge in [0, 0.05) is 18.5 Å². The number of rotatable bonds is 5. The molecular formula is C13H22N4O3. The third-order valence-corrected chi connectivity index (χ3v) is 4.20. The minimum Gasteiger partial charge on any atom is -0.396 e. The number of aromatic amines is 1. The van der Waals surface area contributed by atoms with E-state index >= 15 is 0 Å². The maximum Gasteiger partial charge on any atom is 0.330 e. The van der Waals surface area contributed by atoms with Gasteiger partial charge in [0.25, 0.3) is 5.56 Å². The fraction of sp³-hybridized carbons (Fsp3) is 0.692. The van der Waals surface area contributed by atoms with E-state index < -0.39 is 11.2 Å². The summed E-state index contributed by atoms with van der Waals surface area (Å²) in [5.41, 5.74) is 4.90. The zero-order valence-corrected chi connectivity index (χ0v) is 11.7. The van der Waals surface area contributed by atoms with E-state index in [1.807, 2.05) is 0 Å². The van der Waals surface area contributed by atoms with Crippen molar-refractivity contribution in [3.05, 3.63) is 20.8 Å². The normalized spacial score (nSPS) is 17.3. The number of nitrogens with two attached hydrogens (primary N) is 1. The first-order chi connectivity index (χ1) is 9.53. The lowest BCUT2D eigenvalue weighted by Gasteiger charge is -2.27. The zero-order chi connectivity index (χ0) is 14.8. The number of aliphatic hydroxyl groups excluding tert-OH is 1.